The third-order valence-corrected chi connectivity index (χ3v) is 3.74. The zero-order valence-electron chi connectivity index (χ0n) is 9.79. The number of halogens is 3. The number of carbonyl (C=O) groups excluding carboxylic acids is 2. The second-order valence-electron chi connectivity index (χ2n) is 4.93. The van der Waals surface area contributed by atoms with E-state index < -0.39 is 24.5 Å². The van der Waals surface area contributed by atoms with Crippen LogP contribution in [0.5, 0.6) is 0 Å². The average Bonchev–Trinajstić information content (AvgIpc) is 2.83. The largest absolute Gasteiger partial charge is 0.471 e. The summed E-state index contributed by atoms with van der Waals surface area (Å²) in [6.07, 6.45) is -1.59. The van der Waals surface area contributed by atoms with E-state index >= 15 is 0 Å². The Kier molecular flexibility index (Phi) is 3.49. The van der Waals surface area contributed by atoms with Crippen molar-refractivity contribution in [2.45, 2.75) is 25.4 Å². The van der Waals surface area contributed by atoms with Crippen molar-refractivity contribution in [2.75, 3.05) is 19.6 Å². The summed E-state index contributed by atoms with van der Waals surface area (Å²) >= 11 is 0. The third kappa shape index (κ3) is 2.76. The lowest BCUT2D eigenvalue weighted by Crippen LogP contribution is -2.44. The fourth-order valence-electron chi connectivity index (χ4n) is 2.81. The van der Waals surface area contributed by atoms with Gasteiger partial charge in [-0.1, -0.05) is 6.42 Å². The molecule has 1 N–H and O–H groups in total. The normalized spacial score (nSPS) is 27.2. The van der Waals surface area contributed by atoms with Gasteiger partial charge in [-0.15, -0.1) is 0 Å². The van der Waals surface area contributed by atoms with Crippen LogP contribution >= 0.6 is 0 Å². The van der Waals surface area contributed by atoms with Gasteiger partial charge >= 0.3 is 12.1 Å². The number of likely N-dealkylation sites (tertiary alicyclic amines) is 1. The highest BCUT2D eigenvalue weighted by Gasteiger charge is 2.40. The second kappa shape index (κ2) is 4.78. The predicted octanol–water partition coefficient (Wildman–Crippen LogP) is 0.923. The first-order valence-electron chi connectivity index (χ1n) is 6.00. The lowest BCUT2D eigenvalue weighted by Gasteiger charge is -2.17. The molecular formula is C11H15F3N2O2. The van der Waals surface area contributed by atoms with Crippen molar-refractivity contribution in [3.63, 3.8) is 0 Å². The van der Waals surface area contributed by atoms with Crippen LogP contribution in [-0.2, 0) is 9.59 Å². The average molecular weight is 264 g/mol. The summed E-state index contributed by atoms with van der Waals surface area (Å²) in [6, 6.07) is 0. The predicted molar refractivity (Wildman–Crippen MR) is 56.5 cm³/mol. The Morgan fingerprint density at radius 1 is 1.17 bits per heavy atom. The molecule has 2 amide bonds. The molecule has 1 saturated heterocycles. The molecule has 0 aromatic carbocycles. The summed E-state index contributed by atoms with van der Waals surface area (Å²) in [5.74, 6) is -1.50. The molecule has 2 atom stereocenters. The van der Waals surface area contributed by atoms with E-state index in [2.05, 4.69) is 0 Å². The first kappa shape index (κ1) is 13.2. The Morgan fingerprint density at radius 3 is 2.22 bits per heavy atom. The van der Waals surface area contributed by atoms with Crippen molar-refractivity contribution in [3.05, 3.63) is 0 Å². The smallest absolute Gasteiger partial charge is 0.341 e. The molecule has 1 aliphatic heterocycles. The van der Waals surface area contributed by atoms with Gasteiger partial charge in [-0.05, 0) is 24.7 Å². The minimum Gasteiger partial charge on any atom is -0.341 e. The van der Waals surface area contributed by atoms with Gasteiger partial charge in [0.25, 0.3) is 0 Å². The molecule has 1 aliphatic carbocycles. The Morgan fingerprint density at radius 2 is 1.72 bits per heavy atom. The van der Waals surface area contributed by atoms with Crippen molar-refractivity contribution in [1.29, 1.82) is 0 Å². The summed E-state index contributed by atoms with van der Waals surface area (Å²) in [4.78, 5) is 23.8. The first-order chi connectivity index (χ1) is 8.38. The lowest BCUT2D eigenvalue weighted by atomic mass is 10.0. The number of hydrogen-bond acceptors (Lipinski definition) is 2. The second-order valence-corrected chi connectivity index (χ2v) is 4.93. The standard InChI is InChI=1S/C11H15F3N2O2/c12-11(13,14)10(18)15-4-9(17)16-5-7-2-1-3-8(7)6-16/h7-8H,1-6H2,(H,15,18)/t7-,8?/m0/s1. The monoisotopic (exact) mass is 264 g/mol. The molecule has 2 fully saturated rings. The summed E-state index contributed by atoms with van der Waals surface area (Å²) in [5, 5.41) is 1.61. The lowest BCUT2D eigenvalue weighted by molar-refractivity contribution is -0.174. The van der Waals surface area contributed by atoms with Gasteiger partial charge < -0.3 is 10.2 Å². The van der Waals surface area contributed by atoms with Crippen molar-refractivity contribution in [3.8, 4) is 0 Å². The van der Waals surface area contributed by atoms with Crippen molar-refractivity contribution in [1.82, 2.24) is 10.2 Å². The van der Waals surface area contributed by atoms with Crippen molar-refractivity contribution < 1.29 is 22.8 Å². The molecule has 0 radical (unpaired) electrons. The Hall–Kier alpha value is -1.27. The minimum absolute atomic E-state index is 0.429. The van der Waals surface area contributed by atoms with E-state index in [-0.39, 0.29) is 0 Å². The van der Waals surface area contributed by atoms with E-state index in [1.54, 1.807) is 10.2 Å². The molecule has 7 heteroatoms. The molecule has 1 saturated carbocycles. The van der Waals surface area contributed by atoms with E-state index in [4.69, 9.17) is 0 Å². The maximum Gasteiger partial charge on any atom is 0.471 e. The number of rotatable bonds is 2. The minimum atomic E-state index is -4.93. The maximum atomic E-state index is 11.9. The molecule has 1 heterocycles. The summed E-state index contributed by atoms with van der Waals surface area (Å²) < 4.78 is 35.8. The zero-order chi connectivity index (χ0) is 13.3. The van der Waals surface area contributed by atoms with Crippen molar-refractivity contribution in [2.24, 2.45) is 11.8 Å². The van der Waals surface area contributed by atoms with Gasteiger partial charge in [0.1, 0.15) is 0 Å². The molecule has 1 unspecified atom stereocenters. The van der Waals surface area contributed by atoms with Crippen LogP contribution in [-0.4, -0.2) is 42.5 Å². The van der Waals surface area contributed by atoms with Gasteiger partial charge in [-0.2, -0.15) is 13.2 Å². The van der Waals surface area contributed by atoms with Crippen molar-refractivity contribution >= 4 is 11.8 Å². The van der Waals surface area contributed by atoms with Gasteiger partial charge in [0.2, 0.25) is 5.91 Å². The zero-order valence-corrected chi connectivity index (χ0v) is 9.79. The number of nitrogens with one attached hydrogen (secondary N) is 1. The molecule has 2 aliphatic rings. The Bertz CT molecular complexity index is 345. The van der Waals surface area contributed by atoms with Crippen LogP contribution in [0.3, 0.4) is 0 Å². The quantitative estimate of drug-likeness (QED) is 0.806. The topological polar surface area (TPSA) is 49.4 Å². The van der Waals surface area contributed by atoms with Gasteiger partial charge in [0.05, 0.1) is 6.54 Å². The fraction of sp³-hybridized carbons (Fsp3) is 0.818. The molecule has 2 rings (SSSR count). The molecule has 0 aromatic heterocycles. The Labute approximate surface area is 103 Å². The highest BCUT2D eigenvalue weighted by atomic mass is 19.4. The number of alkyl halides is 3. The van der Waals surface area contributed by atoms with Gasteiger partial charge in [-0.3, -0.25) is 9.59 Å². The van der Waals surface area contributed by atoms with Crippen LogP contribution < -0.4 is 5.32 Å². The van der Waals surface area contributed by atoms with Crippen LogP contribution in [0, 0.1) is 11.8 Å². The molecule has 4 nitrogen and oxygen atoms in total. The van der Waals surface area contributed by atoms with Crippen LogP contribution in [0.2, 0.25) is 0 Å². The number of amides is 2. The summed E-state index contributed by atoms with van der Waals surface area (Å²) in [6.45, 7) is 0.661. The molecule has 18 heavy (non-hydrogen) atoms. The highest BCUT2D eigenvalue weighted by Crippen LogP contribution is 2.37. The molecule has 0 spiro atoms. The number of hydrogen-bond donors (Lipinski definition) is 1. The van der Waals surface area contributed by atoms with E-state index in [9.17, 15) is 22.8 Å². The third-order valence-electron chi connectivity index (χ3n) is 3.74. The van der Waals surface area contributed by atoms with Crippen LogP contribution in [0.15, 0.2) is 0 Å². The molecule has 0 bridgehead atoms. The van der Waals surface area contributed by atoms with E-state index in [1.165, 1.54) is 6.42 Å². The van der Waals surface area contributed by atoms with Gasteiger partial charge in [0, 0.05) is 13.1 Å². The van der Waals surface area contributed by atoms with Crippen LogP contribution in [0.1, 0.15) is 19.3 Å². The molecule has 102 valence electrons. The maximum absolute atomic E-state index is 11.9. The van der Waals surface area contributed by atoms with Crippen LogP contribution in [0.25, 0.3) is 0 Å². The fourth-order valence-corrected chi connectivity index (χ4v) is 2.81. The molecule has 0 aromatic rings. The highest BCUT2D eigenvalue weighted by molar-refractivity contribution is 5.87. The van der Waals surface area contributed by atoms with Crippen LogP contribution in [0.4, 0.5) is 13.2 Å². The molecular weight excluding hydrogens is 249 g/mol. The number of nitrogens with zero attached hydrogens (tertiary/aromatic N) is 1. The van der Waals surface area contributed by atoms with Gasteiger partial charge in [-0.25, -0.2) is 0 Å². The summed E-state index contributed by atoms with van der Waals surface area (Å²) in [7, 11) is 0. The SMILES string of the molecule is O=C(CNC(=O)C(F)(F)F)N1CC2CCC[C@H]2C1. The van der Waals surface area contributed by atoms with E-state index in [1.807, 2.05) is 0 Å². The van der Waals surface area contributed by atoms with E-state index in [0.29, 0.717) is 24.9 Å². The number of fused-ring (bicyclic) bond motifs is 1. The Balaban J connectivity index is 1.78. The number of carbonyl (C=O) groups is 2. The first-order valence-corrected chi connectivity index (χ1v) is 6.00. The van der Waals surface area contributed by atoms with Gasteiger partial charge in [0.15, 0.2) is 0 Å². The van der Waals surface area contributed by atoms with E-state index in [0.717, 1.165) is 12.8 Å². The summed E-state index contributed by atoms with van der Waals surface area (Å²) in [5.41, 5.74) is 0.